The van der Waals surface area contributed by atoms with Crippen molar-refractivity contribution in [1.29, 1.82) is 5.26 Å². The van der Waals surface area contributed by atoms with E-state index in [9.17, 15) is 4.79 Å². The molecule has 0 aliphatic rings. The first-order valence-corrected chi connectivity index (χ1v) is 5.63. The molecule has 0 heterocycles. The van der Waals surface area contributed by atoms with Crippen LogP contribution in [-0.4, -0.2) is 11.1 Å². The Bertz CT molecular complexity index is 244. The van der Waals surface area contributed by atoms with E-state index in [1.807, 2.05) is 13.0 Å². The van der Waals surface area contributed by atoms with Crippen LogP contribution in [0.3, 0.4) is 0 Å². The summed E-state index contributed by atoms with van der Waals surface area (Å²) in [5, 5.41) is 17.9. The molecule has 0 aliphatic carbocycles. The summed E-state index contributed by atoms with van der Waals surface area (Å²) in [6.07, 6.45) is 5.31. The normalized spacial score (nSPS) is 16.4. The second-order valence-electron chi connectivity index (χ2n) is 4.37. The van der Waals surface area contributed by atoms with Gasteiger partial charge in [-0.1, -0.05) is 39.5 Å². The van der Waals surface area contributed by atoms with Crippen LogP contribution in [0.2, 0.25) is 0 Å². The van der Waals surface area contributed by atoms with Crippen LogP contribution in [0, 0.1) is 22.7 Å². The zero-order valence-corrected chi connectivity index (χ0v) is 9.92. The lowest BCUT2D eigenvalue weighted by Gasteiger charge is -2.24. The highest BCUT2D eigenvalue weighted by molar-refractivity contribution is 5.77. The van der Waals surface area contributed by atoms with Crippen molar-refractivity contribution in [3.05, 3.63) is 0 Å². The highest BCUT2D eigenvalue weighted by Gasteiger charge is 2.38. The lowest BCUT2D eigenvalue weighted by atomic mass is 9.77. The molecule has 0 rings (SSSR count). The first kappa shape index (κ1) is 14.0. The first-order valence-electron chi connectivity index (χ1n) is 5.63. The third-order valence-electron chi connectivity index (χ3n) is 3.15. The minimum Gasteiger partial charge on any atom is -0.480 e. The quantitative estimate of drug-likeness (QED) is 0.658. The molecule has 86 valence electrons. The Morgan fingerprint density at radius 2 is 2.07 bits per heavy atom. The van der Waals surface area contributed by atoms with Gasteiger partial charge in [-0.2, -0.15) is 5.26 Å². The summed E-state index contributed by atoms with van der Waals surface area (Å²) < 4.78 is 0. The summed E-state index contributed by atoms with van der Waals surface area (Å²) in [5.74, 6) is -1.09. The summed E-state index contributed by atoms with van der Waals surface area (Å²) in [5.41, 5.74) is -1.23. The molecule has 1 unspecified atom stereocenters. The van der Waals surface area contributed by atoms with E-state index in [4.69, 9.17) is 10.4 Å². The van der Waals surface area contributed by atoms with E-state index in [1.54, 1.807) is 0 Å². The lowest BCUT2D eigenvalue weighted by molar-refractivity contribution is -0.147. The minimum atomic E-state index is -1.23. The van der Waals surface area contributed by atoms with Gasteiger partial charge in [-0.3, -0.25) is 4.79 Å². The van der Waals surface area contributed by atoms with E-state index in [2.05, 4.69) is 6.92 Å². The highest BCUT2D eigenvalue weighted by atomic mass is 16.4. The average Bonchev–Trinajstić information content (AvgIpc) is 2.22. The number of rotatable bonds is 7. The van der Waals surface area contributed by atoms with Crippen LogP contribution in [-0.2, 0) is 4.79 Å². The monoisotopic (exact) mass is 211 g/mol. The summed E-state index contributed by atoms with van der Waals surface area (Å²) in [7, 11) is 0. The van der Waals surface area contributed by atoms with Gasteiger partial charge in [0.05, 0.1) is 6.07 Å². The van der Waals surface area contributed by atoms with Crippen LogP contribution in [0.25, 0.3) is 0 Å². The molecular formula is C12H21NO2. The lowest BCUT2D eigenvalue weighted by Crippen LogP contribution is -2.32. The fourth-order valence-corrected chi connectivity index (χ4v) is 1.53. The van der Waals surface area contributed by atoms with Crippen LogP contribution < -0.4 is 0 Å². The number of unbranched alkanes of at least 4 members (excludes halogenated alkanes) is 3. The molecule has 0 amide bonds. The number of nitriles is 1. The highest BCUT2D eigenvalue weighted by Crippen LogP contribution is 2.30. The van der Waals surface area contributed by atoms with E-state index < -0.39 is 11.4 Å². The summed E-state index contributed by atoms with van der Waals surface area (Å²) in [4.78, 5) is 11.0. The van der Waals surface area contributed by atoms with E-state index >= 15 is 0 Å². The number of carboxylic acids is 1. The predicted octanol–water partition coefficient (Wildman–Crippen LogP) is 3.21. The van der Waals surface area contributed by atoms with Crippen molar-refractivity contribution in [3.8, 4) is 6.07 Å². The zero-order valence-electron chi connectivity index (χ0n) is 9.92. The van der Waals surface area contributed by atoms with Gasteiger partial charge in [0.1, 0.15) is 0 Å². The Balaban J connectivity index is 4.13. The fourth-order valence-electron chi connectivity index (χ4n) is 1.53. The number of carboxylic acid groups (broad SMARTS) is 1. The van der Waals surface area contributed by atoms with E-state index in [0.29, 0.717) is 0 Å². The van der Waals surface area contributed by atoms with Gasteiger partial charge in [0.15, 0.2) is 5.41 Å². The zero-order chi connectivity index (χ0) is 11.9. The van der Waals surface area contributed by atoms with E-state index in [-0.39, 0.29) is 5.92 Å². The molecule has 0 aliphatic heterocycles. The summed E-state index contributed by atoms with van der Waals surface area (Å²) >= 11 is 0. The molecule has 0 saturated heterocycles. The van der Waals surface area contributed by atoms with Crippen molar-refractivity contribution in [2.24, 2.45) is 11.3 Å². The molecular weight excluding hydrogens is 190 g/mol. The largest absolute Gasteiger partial charge is 0.480 e. The summed E-state index contributed by atoms with van der Waals surface area (Å²) in [6.45, 7) is 5.50. The molecule has 0 aromatic rings. The molecule has 2 atom stereocenters. The molecule has 0 fully saturated rings. The second kappa shape index (κ2) is 6.44. The molecule has 0 spiro atoms. The van der Waals surface area contributed by atoms with Gasteiger partial charge in [0.25, 0.3) is 0 Å². The Kier molecular flexibility index (Phi) is 6.00. The van der Waals surface area contributed by atoms with Crippen LogP contribution in [0.4, 0.5) is 0 Å². The SMILES string of the molecule is CCCCCC[C@@H](C)C(C)(C#N)C(=O)O. The fraction of sp³-hybridized carbons (Fsp3) is 0.833. The van der Waals surface area contributed by atoms with Crippen molar-refractivity contribution in [1.82, 2.24) is 0 Å². The van der Waals surface area contributed by atoms with Crippen molar-refractivity contribution in [2.45, 2.75) is 52.9 Å². The van der Waals surface area contributed by atoms with Crippen molar-refractivity contribution >= 4 is 5.97 Å². The van der Waals surface area contributed by atoms with Crippen LogP contribution in [0.5, 0.6) is 0 Å². The maximum absolute atomic E-state index is 11.0. The number of nitrogens with zero attached hydrogens (tertiary/aromatic N) is 1. The number of carbonyl (C=O) groups is 1. The van der Waals surface area contributed by atoms with Gasteiger partial charge in [-0.05, 0) is 19.3 Å². The molecule has 0 radical (unpaired) electrons. The Morgan fingerprint density at radius 1 is 1.47 bits per heavy atom. The van der Waals surface area contributed by atoms with Gasteiger partial charge < -0.3 is 5.11 Å². The van der Waals surface area contributed by atoms with Gasteiger partial charge in [-0.15, -0.1) is 0 Å². The molecule has 0 saturated carbocycles. The van der Waals surface area contributed by atoms with Gasteiger partial charge in [0.2, 0.25) is 0 Å². The Morgan fingerprint density at radius 3 is 2.47 bits per heavy atom. The van der Waals surface area contributed by atoms with E-state index in [1.165, 1.54) is 19.8 Å². The number of hydrogen-bond donors (Lipinski definition) is 1. The predicted molar refractivity (Wildman–Crippen MR) is 59.3 cm³/mol. The van der Waals surface area contributed by atoms with E-state index in [0.717, 1.165) is 19.3 Å². The third kappa shape index (κ3) is 3.91. The topological polar surface area (TPSA) is 61.1 Å². The maximum atomic E-state index is 11.0. The maximum Gasteiger partial charge on any atom is 0.324 e. The van der Waals surface area contributed by atoms with Crippen molar-refractivity contribution in [3.63, 3.8) is 0 Å². The Labute approximate surface area is 92.1 Å². The molecule has 1 N–H and O–H groups in total. The van der Waals surface area contributed by atoms with Gasteiger partial charge >= 0.3 is 5.97 Å². The van der Waals surface area contributed by atoms with Crippen molar-refractivity contribution in [2.75, 3.05) is 0 Å². The summed E-state index contributed by atoms with van der Waals surface area (Å²) in [6, 6.07) is 1.92. The number of hydrogen-bond acceptors (Lipinski definition) is 2. The smallest absolute Gasteiger partial charge is 0.324 e. The molecule has 0 bridgehead atoms. The van der Waals surface area contributed by atoms with Crippen LogP contribution in [0.15, 0.2) is 0 Å². The third-order valence-corrected chi connectivity index (χ3v) is 3.15. The van der Waals surface area contributed by atoms with Crippen molar-refractivity contribution < 1.29 is 9.90 Å². The molecule has 3 heteroatoms. The second-order valence-corrected chi connectivity index (χ2v) is 4.37. The first-order chi connectivity index (χ1) is 6.99. The standard InChI is InChI=1S/C12H21NO2/c1-4-5-6-7-8-10(2)12(3,9-13)11(14)15/h10H,4-8H2,1-3H3,(H,14,15)/t10-,12?/m1/s1. The van der Waals surface area contributed by atoms with Gasteiger partial charge in [0, 0.05) is 0 Å². The molecule has 3 nitrogen and oxygen atoms in total. The molecule has 0 aromatic carbocycles. The Hall–Kier alpha value is -1.04. The minimum absolute atomic E-state index is 0.0862. The van der Waals surface area contributed by atoms with Gasteiger partial charge in [-0.25, -0.2) is 0 Å². The molecule has 0 aromatic heterocycles. The average molecular weight is 211 g/mol. The molecule has 15 heavy (non-hydrogen) atoms. The number of aliphatic carboxylic acids is 1. The van der Waals surface area contributed by atoms with Crippen LogP contribution >= 0.6 is 0 Å². The van der Waals surface area contributed by atoms with Crippen LogP contribution in [0.1, 0.15) is 52.9 Å².